The summed E-state index contributed by atoms with van der Waals surface area (Å²) in [5, 5.41) is 6.82. The van der Waals surface area contributed by atoms with Gasteiger partial charge in [-0.1, -0.05) is 12.1 Å². The van der Waals surface area contributed by atoms with Gasteiger partial charge in [0.2, 0.25) is 0 Å². The molecule has 1 aromatic carbocycles. The lowest BCUT2D eigenvalue weighted by molar-refractivity contribution is 0.0782. The van der Waals surface area contributed by atoms with E-state index < -0.39 is 0 Å². The highest BCUT2D eigenvalue weighted by atomic mass is 127. The van der Waals surface area contributed by atoms with Crippen molar-refractivity contribution >= 4 is 41.7 Å². The van der Waals surface area contributed by atoms with E-state index in [4.69, 9.17) is 9.47 Å². The molecule has 0 aromatic heterocycles. The molecule has 1 heterocycles. The summed E-state index contributed by atoms with van der Waals surface area (Å²) < 4.78 is 11.7. The summed E-state index contributed by atoms with van der Waals surface area (Å²) in [5.41, 5.74) is 1.20. The summed E-state index contributed by atoms with van der Waals surface area (Å²) in [4.78, 5) is 4.33. The molecule has 26 heavy (non-hydrogen) atoms. The number of hydrogen-bond acceptors (Lipinski definition) is 4. The van der Waals surface area contributed by atoms with Crippen LogP contribution in [-0.4, -0.2) is 56.4 Å². The van der Waals surface area contributed by atoms with Crippen molar-refractivity contribution in [3.8, 4) is 5.75 Å². The zero-order valence-corrected chi connectivity index (χ0v) is 19.4. The van der Waals surface area contributed by atoms with Crippen LogP contribution in [0.5, 0.6) is 5.75 Å². The average molecular weight is 493 g/mol. The number of benzene rings is 1. The number of guanidine groups is 1. The average Bonchev–Trinajstić information content (AvgIpc) is 2.62. The predicted octanol–water partition coefficient (Wildman–Crippen LogP) is 3.46. The molecule has 0 spiro atoms. The fourth-order valence-electron chi connectivity index (χ4n) is 2.86. The van der Waals surface area contributed by atoms with Gasteiger partial charge < -0.3 is 20.1 Å². The molecule has 1 fully saturated rings. The summed E-state index contributed by atoms with van der Waals surface area (Å²) in [6.45, 7) is 7.41. The quantitative estimate of drug-likeness (QED) is 0.346. The topological polar surface area (TPSA) is 54.9 Å². The number of ether oxygens (including phenoxy) is 2. The van der Waals surface area contributed by atoms with E-state index in [-0.39, 0.29) is 34.8 Å². The number of halogens is 1. The summed E-state index contributed by atoms with van der Waals surface area (Å²) >= 11 is 1.92. The van der Waals surface area contributed by atoms with Gasteiger partial charge in [0.15, 0.2) is 5.96 Å². The first-order valence-corrected chi connectivity index (χ1v) is 10.1. The Hall–Kier alpha value is -0.670. The highest BCUT2D eigenvalue weighted by Gasteiger charge is 2.31. The van der Waals surface area contributed by atoms with Crippen LogP contribution in [0.3, 0.4) is 0 Å². The smallest absolute Gasteiger partial charge is 0.191 e. The van der Waals surface area contributed by atoms with Crippen molar-refractivity contribution < 1.29 is 9.47 Å². The first-order valence-electron chi connectivity index (χ1n) is 8.88. The number of nitrogens with zero attached hydrogens (tertiary/aromatic N) is 1. The largest absolute Gasteiger partial charge is 0.489 e. The molecule has 0 radical (unpaired) electrons. The molecule has 5 nitrogen and oxygen atoms in total. The second-order valence-corrected chi connectivity index (χ2v) is 7.83. The number of rotatable bonds is 7. The summed E-state index contributed by atoms with van der Waals surface area (Å²) in [6, 6.07) is 8.13. The molecular formula is C19H32IN3O2S. The van der Waals surface area contributed by atoms with Crippen LogP contribution >= 0.6 is 35.7 Å². The maximum absolute atomic E-state index is 5.96. The van der Waals surface area contributed by atoms with E-state index in [1.165, 1.54) is 5.56 Å². The first-order chi connectivity index (χ1) is 12.1. The molecule has 1 unspecified atom stereocenters. The Labute approximate surface area is 179 Å². The monoisotopic (exact) mass is 493 g/mol. The minimum absolute atomic E-state index is 0. The molecule has 7 heteroatoms. The number of aryl methyl sites for hydroxylation is 1. The third kappa shape index (κ3) is 7.52. The van der Waals surface area contributed by atoms with Gasteiger partial charge in [-0.3, -0.25) is 4.99 Å². The van der Waals surface area contributed by atoms with Gasteiger partial charge in [-0.15, -0.1) is 24.0 Å². The van der Waals surface area contributed by atoms with Crippen molar-refractivity contribution in [1.82, 2.24) is 10.6 Å². The second-order valence-electron chi connectivity index (χ2n) is 6.55. The van der Waals surface area contributed by atoms with E-state index in [0.717, 1.165) is 44.3 Å². The van der Waals surface area contributed by atoms with Crippen LogP contribution in [-0.2, 0) is 4.74 Å². The molecule has 1 saturated heterocycles. The molecule has 2 N–H and O–H groups in total. The van der Waals surface area contributed by atoms with Crippen molar-refractivity contribution in [2.24, 2.45) is 4.99 Å². The fourth-order valence-corrected chi connectivity index (χ4v) is 3.66. The van der Waals surface area contributed by atoms with Crippen molar-refractivity contribution in [2.45, 2.75) is 37.5 Å². The Morgan fingerprint density at radius 3 is 2.69 bits per heavy atom. The highest BCUT2D eigenvalue weighted by Crippen LogP contribution is 2.32. The minimum Gasteiger partial charge on any atom is -0.489 e. The van der Waals surface area contributed by atoms with Crippen molar-refractivity contribution in [3.05, 3.63) is 29.8 Å². The van der Waals surface area contributed by atoms with Crippen LogP contribution in [0.4, 0.5) is 0 Å². The van der Waals surface area contributed by atoms with Crippen molar-refractivity contribution in [1.29, 1.82) is 0 Å². The van der Waals surface area contributed by atoms with E-state index in [0.29, 0.717) is 6.54 Å². The van der Waals surface area contributed by atoms with Crippen molar-refractivity contribution in [2.75, 3.05) is 39.6 Å². The Kier molecular flexibility index (Phi) is 10.7. The molecule has 148 valence electrons. The van der Waals surface area contributed by atoms with E-state index >= 15 is 0 Å². The molecule has 1 aliphatic rings. The second kappa shape index (κ2) is 11.9. The van der Waals surface area contributed by atoms with Gasteiger partial charge in [-0.2, -0.15) is 11.8 Å². The molecule has 2 rings (SSSR count). The van der Waals surface area contributed by atoms with Gasteiger partial charge in [0.1, 0.15) is 11.9 Å². The van der Waals surface area contributed by atoms with E-state index in [9.17, 15) is 0 Å². The van der Waals surface area contributed by atoms with Crippen LogP contribution in [0.2, 0.25) is 0 Å². The zero-order valence-electron chi connectivity index (χ0n) is 16.2. The number of nitrogens with one attached hydrogen (secondary N) is 2. The first kappa shape index (κ1) is 23.4. The number of thioether (sulfide) groups is 1. The normalized spacial score (nSPS) is 17.8. The lowest BCUT2D eigenvalue weighted by Crippen LogP contribution is -2.49. The summed E-state index contributed by atoms with van der Waals surface area (Å²) in [5.74, 6) is 1.72. The van der Waals surface area contributed by atoms with Crippen molar-refractivity contribution in [3.63, 3.8) is 0 Å². The highest BCUT2D eigenvalue weighted by molar-refractivity contribution is 14.0. The minimum atomic E-state index is 0. The van der Waals surface area contributed by atoms with Crippen LogP contribution < -0.4 is 15.4 Å². The van der Waals surface area contributed by atoms with Crippen LogP contribution in [0.15, 0.2) is 29.3 Å². The Balaban J connectivity index is 0.00000338. The van der Waals surface area contributed by atoms with Gasteiger partial charge in [-0.05, 0) is 50.6 Å². The maximum Gasteiger partial charge on any atom is 0.191 e. The SMILES string of the molecule is CN=C(NCC(C)Oc1cccc(C)c1)NCC1(SC)CCOCC1.I. The fraction of sp³-hybridized carbons (Fsp3) is 0.632. The zero-order chi connectivity index (χ0) is 18.1. The molecule has 1 aromatic rings. The predicted molar refractivity (Wildman–Crippen MR) is 122 cm³/mol. The van der Waals surface area contributed by atoms with Gasteiger partial charge in [0.05, 0.1) is 6.54 Å². The van der Waals surface area contributed by atoms with E-state index in [1.807, 2.05) is 23.9 Å². The molecular weight excluding hydrogens is 461 g/mol. The lowest BCUT2D eigenvalue weighted by atomic mass is 9.99. The van der Waals surface area contributed by atoms with Crippen LogP contribution in [0.1, 0.15) is 25.3 Å². The molecule has 0 aliphatic carbocycles. The van der Waals surface area contributed by atoms with E-state index in [1.54, 1.807) is 7.05 Å². The Morgan fingerprint density at radius 2 is 2.08 bits per heavy atom. The summed E-state index contributed by atoms with van der Waals surface area (Å²) in [6.07, 6.45) is 4.38. The lowest BCUT2D eigenvalue weighted by Gasteiger charge is -2.36. The van der Waals surface area contributed by atoms with Crippen LogP contribution in [0, 0.1) is 6.92 Å². The third-order valence-electron chi connectivity index (χ3n) is 4.52. The molecule has 0 amide bonds. The molecule has 1 aliphatic heterocycles. The van der Waals surface area contributed by atoms with E-state index in [2.05, 4.69) is 47.9 Å². The standard InChI is InChI=1S/C19H31N3O2S.HI/c1-15-6-5-7-17(12-15)24-16(2)13-21-18(20-3)22-14-19(25-4)8-10-23-11-9-19;/h5-7,12,16H,8-11,13-14H2,1-4H3,(H2,20,21,22);1H. The maximum atomic E-state index is 5.96. The van der Waals surface area contributed by atoms with Gasteiger partial charge in [-0.25, -0.2) is 0 Å². The molecule has 0 bridgehead atoms. The molecule has 0 saturated carbocycles. The number of aliphatic imine (C=N–C) groups is 1. The third-order valence-corrected chi connectivity index (χ3v) is 5.94. The van der Waals surface area contributed by atoms with Gasteiger partial charge in [0, 0.05) is 31.6 Å². The Bertz CT molecular complexity index is 565. The molecule has 1 atom stereocenters. The Morgan fingerprint density at radius 1 is 1.35 bits per heavy atom. The number of hydrogen-bond donors (Lipinski definition) is 2. The van der Waals surface area contributed by atoms with Gasteiger partial charge in [0.25, 0.3) is 0 Å². The van der Waals surface area contributed by atoms with Crippen LogP contribution in [0.25, 0.3) is 0 Å². The van der Waals surface area contributed by atoms with Gasteiger partial charge >= 0.3 is 0 Å². The summed E-state index contributed by atoms with van der Waals surface area (Å²) in [7, 11) is 1.80.